The Morgan fingerprint density at radius 3 is 2.76 bits per heavy atom. The summed E-state index contributed by atoms with van der Waals surface area (Å²) in [7, 11) is 1.52. The Kier molecular flexibility index (Phi) is 5.14. The number of nitrogens with two attached hydrogens (primary N) is 1. The van der Waals surface area contributed by atoms with Crippen LogP contribution in [0.5, 0.6) is 0 Å². The number of H-pyrrole nitrogens is 1. The van der Waals surface area contributed by atoms with Crippen molar-refractivity contribution in [3.8, 4) is 0 Å². The molecule has 0 aliphatic heterocycles. The second kappa shape index (κ2) is 6.39. The van der Waals surface area contributed by atoms with E-state index in [4.69, 9.17) is 5.73 Å². The molecular weight excluding hydrogens is 240 g/mol. The summed E-state index contributed by atoms with van der Waals surface area (Å²) >= 11 is 1.79. The van der Waals surface area contributed by atoms with Crippen molar-refractivity contribution in [2.45, 2.75) is 12.8 Å². The van der Waals surface area contributed by atoms with Crippen molar-refractivity contribution in [1.29, 1.82) is 0 Å². The number of nitrogens with one attached hydrogen (secondary N) is 2. The molecule has 0 radical (unpaired) electrons. The van der Waals surface area contributed by atoms with Crippen molar-refractivity contribution < 1.29 is 0 Å². The number of nitrogen functional groups attached to an aromatic ring is 1. The monoisotopic (exact) mass is 258 g/mol. The van der Waals surface area contributed by atoms with E-state index in [0.717, 1.165) is 18.6 Å². The standard InChI is InChI=1S/C10H18N4O2S/c1-14-8(11)7(9(15)13-10(14)16)12-5-3-4-6-17-2/h12H,3-6,11H2,1-2H3,(H,13,15,16). The average Bonchev–Trinajstić information content (AvgIpc) is 2.30. The Labute approximate surface area is 104 Å². The highest BCUT2D eigenvalue weighted by molar-refractivity contribution is 7.98. The fourth-order valence-electron chi connectivity index (χ4n) is 1.39. The van der Waals surface area contributed by atoms with Gasteiger partial charge in [0, 0.05) is 13.6 Å². The van der Waals surface area contributed by atoms with Gasteiger partial charge in [-0.15, -0.1) is 0 Å². The molecule has 1 heterocycles. The molecule has 1 aromatic rings. The number of nitrogens with zero attached hydrogens (tertiary/aromatic N) is 1. The SMILES string of the molecule is CSCCCCNc1c(N)n(C)c(=O)[nH]c1=O. The van der Waals surface area contributed by atoms with E-state index >= 15 is 0 Å². The molecule has 0 bridgehead atoms. The molecular formula is C10H18N4O2S. The van der Waals surface area contributed by atoms with Crippen LogP contribution in [0.2, 0.25) is 0 Å². The zero-order valence-corrected chi connectivity index (χ0v) is 10.9. The van der Waals surface area contributed by atoms with E-state index < -0.39 is 11.2 Å². The van der Waals surface area contributed by atoms with E-state index in [1.54, 1.807) is 11.8 Å². The molecule has 0 aromatic carbocycles. The lowest BCUT2D eigenvalue weighted by molar-refractivity contribution is 0.802. The smallest absolute Gasteiger partial charge is 0.329 e. The van der Waals surface area contributed by atoms with E-state index in [-0.39, 0.29) is 11.5 Å². The lowest BCUT2D eigenvalue weighted by atomic mass is 10.3. The van der Waals surface area contributed by atoms with Gasteiger partial charge in [0.2, 0.25) is 0 Å². The summed E-state index contributed by atoms with van der Waals surface area (Å²) < 4.78 is 1.21. The molecule has 96 valence electrons. The van der Waals surface area contributed by atoms with Gasteiger partial charge in [0.25, 0.3) is 5.56 Å². The van der Waals surface area contributed by atoms with Gasteiger partial charge >= 0.3 is 5.69 Å². The largest absolute Gasteiger partial charge is 0.383 e. The van der Waals surface area contributed by atoms with Gasteiger partial charge < -0.3 is 11.1 Å². The summed E-state index contributed by atoms with van der Waals surface area (Å²) in [6.07, 6.45) is 4.10. The van der Waals surface area contributed by atoms with E-state index in [1.165, 1.54) is 11.6 Å². The van der Waals surface area contributed by atoms with Crippen LogP contribution in [-0.2, 0) is 7.05 Å². The minimum Gasteiger partial charge on any atom is -0.383 e. The number of rotatable bonds is 6. The third kappa shape index (κ3) is 3.55. The summed E-state index contributed by atoms with van der Waals surface area (Å²) in [6, 6.07) is 0. The highest BCUT2D eigenvalue weighted by Gasteiger charge is 2.08. The van der Waals surface area contributed by atoms with Crippen molar-refractivity contribution in [3.05, 3.63) is 20.8 Å². The number of unbranched alkanes of at least 4 members (excludes halogenated alkanes) is 1. The van der Waals surface area contributed by atoms with Crippen molar-refractivity contribution in [2.75, 3.05) is 29.6 Å². The van der Waals surface area contributed by atoms with Gasteiger partial charge in [-0.1, -0.05) is 0 Å². The lowest BCUT2D eigenvalue weighted by Crippen LogP contribution is -2.32. The van der Waals surface area contributed by atoms with Crippen molar-refractivity contribution in [2.24, 2.45) is 7.05 Å². The van der Waals surface area contributed by atoms with Crippen LogP contribution in [0.25, 0.3) is 0 Å². The summed E-state index contributed by atoms with van der Waals surface area (Å²) in [5.74, 6) is 1.27. The van der Waals surface area contributed by atoms with Crippen molar-refractivity contribution in [1.82, 2.24) is 9.55 Å². The minimum atomic E-state index is -0.500. The lowest BCUT2D eigenvalue weighted by Gasteiger charge is -2.10. The van der Waals surface area contributed by atoms with Crippen LogP contribution in [0.15, 0.2) is 9.59 Å². The van der Waals surface area contributed by atoms with E-state index in [9.17, 15) is 9.59 Å². The van der Waals surface area contributed by atoms with Gasteiger partial charge in [-0.2, -0.15) is 11.8 Å². The van der Waals surface area contributed by atoms with Crippen LogP contribution in [-0.4, -0.2) is 28.1 Å². The molecule has 0 saturated carbocycles. The van der Waals surface area contributed by atoms with Gasteiger partial charge in [-0.25, -0.2) is 4.79 Å². The summed E-state index contributed by atoms with van der Waals surface area (Å²) in [5.41, 5.74) is 5.01. The maximum absolute atomic E-state index is 11.5. The third-order valence-electron chi connectivity index (χ3n) is 2.45. The van der Waals surface area contributed by atoms with Crippen molar-refractivity contribution >= 4 is 23.3 Å². The predicted molar refractivity (Wildman–Crippen MR) is 72.8 cm³/mol. The predicted octanol–water partition coefficient (Wildman–Crippen LogP) is 0.211. The Hall–Kier alpha value is -1.37. The molecule has 0 spiro atoms. The molecule has 1 aromatic heterocycles. The molecule has 0 fully saturated rings. The van der Waals surface area contributed by atoms with Crippen LogP contribution in [0.1, 0.15) is 12.8 Å². The topological polar surface area (TPSA) is 92.9 Å². The number of hydrogen-bond donors (Lipinski definition) is 3. The Morgan fingerprint density at radius 2 is 2.12 bits per heavy atom. The number of anilines is 2. The summed E-state index contributed by atoms with van der Waals surface area (Å²) in [5, 5.41) is 2.97. The van der Waals surface area contributed by atoms with Gasteiger partial charge in [0.1, 0.15) is 11.5 Å². The third-order valence-corrected chi connectivity index (χ3v) is 3.14. The molecule has 1 rings (SSSR count). The molecule has 4 N–H and O–H groups in total. The molecule has 0 aliphatic rings. The van der Waals surface area contributed by atoms with E-state index in [1.807, 2.05) is 0 Å². The van der Waals surface area contributed by atoms with Gasteiger partial charge in [-0.3, -0.25) is 14.3 Å². The van der Waals surface area contributed by atoms with Crippen LogP contribution < -0.4 is 22.3 Å². The first kappa shape index (κ1) is 13.7. The summed E-state index contributed by atoms with van der Waals surface area (Å²) in [4.78, 5) is 24.9. The van der Waals surface area contributed by atoms with Gasteiger partial charge in [0.15, 0.2) is 0 Å². The fraction of sp³-hybridized carbons (Fsp3) is 0.600. The zero-order chi connectivity index (χ0) is 12.8. The average molecular weight is 258 g/mol. The molecule has 0 atom stereocenters. The maximum Gasteiger partial charge on any atom is 0.329 e. The van der Waals surface area contributed by atoms with Crippen LogP contribution in [0.4, 0.5) is 11.5 Å². The molecule has 0 aliphatic carbocycles. The first-order valence-corrected chi connectivity index (χ1v) is 6.79. The fourth-order valence-corrected chi connectivity index (χ4v) is 1.89. The zero-order valence-electron chi connectivity index (χ0n) is 10.1. The van der Waals surface area contributed by atoms with E-state index in [2.05, 4.69) is 16.6 Å². The summed E-state index contributed by atoms with van der Waals surface area (Å²) in [6.45, 7) is 0.673. The van der Waals surface area contributed by atoms with Crippen molar-refractivity contribution in [3.63, 3.8) is 0 Å². The highest BCUT2D eigenvalue weighted by Crippen LogP contribution is 2.08. The van der Waals surface area contributed by atoms with E-state index in [0.29, 0.717) is 6.54 Å². The number of aromatic nitrogens is 2. The minimum absolute atomic E-state index is 0.170. The molecule has 7 heteroatoms. The second-order valence-corrected chi connectivity index (χ2v) is 4.69. The molecule has 17 heavy (non-hydrogen) atoms. The normalized spacial score (nSPS) is 10.5. The number of thioether (sulfide) groups is 1. The van der Waals surface area contributed by atoms with Crippen LogP contribution >= 0.6 is 11.8 Å². The highest BCUT2D eigenvalue weighted by atomic mass is 32.2. The first-order chi connectivity index (χ1) is 8.07. The van der Waals surface area contributed by atoms with Crippen LogP contribution in [0.3, 0.4) is 0 Å². The van der Waals surface area contributed by atoms with Gasteiger partial charge in [0.05, 0.1) is 0 Å². The Morgan fingerprint density at radius 1 is 1.41 bits per heavy atom. The second-order valence-electron chi connectivity index (χ2n) is 3.71. The maximum atomic E-state index is 11.5. The molecule has 6 nitrogen and oxygen atoms in total. The van der Waals surface area contributed by atoms with Crippen LogP contribution in [0, 0.1) is 0 Å². The molecule has 0 unspecified atom stereocenters. The number of aromatic amines is 1. The number of hydrogen-bond acceptors (Lipinski definition) is 5. The quantitative estimate of drug-likeness (QED) is 0.634. The Bertz CT molecular complexity index is 480. The van der Waals surface area contributed by atoms with Gasteiger partial charge in [-0.05, 0) is 24.9 Å². The molecule has 0 saturated heterocycles. The Balaban J connectivity index is 2.69. The molecule has 0 amide bonds. The first-order valence-electron chi connectivity index (χ1n) is 5.39.